The molecule has 0 bridgehead atoms. The first-order chi connectivity index (χ1) is 10.2. The van der Waals surface area contributed by atoms with Crippen LogP contribution in [-0.2, 0) is 17.7 Å². The Hall–Kier alpha value is -1.43. The molecule has 2 heterocycles. The van der Waals surface area contributed by atoms with Gasteiger partial charge in [0.25, 0.3) is 5.56 Å². The first-order valence-electron chi connectivity index (χ1n) is 7.17. The number of nitrogens with one attached hydrogen (secondary N) is 2. The maximum atomic E-state index is 11.8. The molecule has 0 radical (unpaired) electrons. The Labute approximate surface area is 129 Å². The zero-order chi connectivity index (χ0) is 15.2. The molecule has 4 nitrogen and oxygen atoms in total. The van der Waals surface area contributed by atoms with E-state index < -0.39 is 0 Å². The number of aromatic nitrogens is 1. The Bertz CT molecular complexity index is 646. The quantitative estimate of drug-likeness (QED) is 0.773. The van der Waals surface area contributed by atoms with Crippen LogP contribution in [0.1, 0.15) is 23.1 Å². The van der Waals surface area contributed by atoms with Gasteiger partial charge in [0, 0.05) is 46.8 Å². The lowest BCUT2D eigenvalue weighted by atomic mass is 10.1. The van der Waals surface area contributed by atoms with Gasteiger partial charge in [-0.05, 0) is 31.5 Å². The van der Waals surface area contributed by atoms with Crippen LogP contribution in [0.5, 0.6) is 0 Å². The van der Waals surface area contributed by atoms with E-state index in [0.717, 1.165) is 42.9 Å². The van der Waals surface area contributed by atoms with E-state index in [4.69, 9.17) is 4.74 Å². The van der Waals surface area contributed by atoms with Crippen LogP contribution in [0.4, 0.5) is 0 Å². The normalized spacial score (nSPS) is 11.0. The van der Waals surface area contributed by atoms with Crippen molar-refractivity contribution in [2.45, 2.75) is 26.8 Å². The molecule has 114 valence electrons. The summed E-state index contributed by atoms with van der Waals surface area (Å²) in [6.45, 7) is 6.37. The summed E-state index contributed by atoms with van der Waals surface area (Å²) in [5, 5.41) is 3.34. The topological polar surface area (TPSA) is 54.1 Å². The van der Waals surface area contributed by atoms with E-state index in [9.17, 15) is 4.79 Å². The van der Waals surface area contributed by atoms with Crippen LogP contribution >= 0.6 is 11.3 Å². The van der Waals surface area contributed by atoms with E-state index in [0.29, 0.717) is 0 Å². The maximum absolute atomic E-state index is 11.8. The van der Waals surface area contributed by atoms with Gasteiger partial charge in [-0.15, -0.1) is 11.3 Å². The number of hydrogen-bond acceptors (Lipinski definition) is 4. The lowest BCUT2D eigenvalue weighted by Crippen LogP contribution is -2.17. The van der Waals surface area contributed by atoms with Gasteiger partial charge in [-0.3, -0.25) is 4.79 Å². The van der Waals surface area contributed by atoms with Crippen LogP contribution in [-0.4, -0.2) is 25.2 Å². The van der Waals surface area contributed by atoms with Gasteiger partial charge < -0.3 is 15.0 Å². The summed E-state index contributed by atoms with van der Waals surface area (Å²) in [6, 6.07) is 6.27. The molecule has 0 unspecified atom stereocenters. The lowest BCUT2D eigenvalue weighted by Gasteiger charge is -2.05. The number of hydrogen-bond donors (Lipinski definition) is 2. The number of aryl methyl sites for hydroxylation is 2. The molecular weight excluding hydrogens is 284 g/mol. The summed E-state index contributed by atoms with van der Waals surface area (Å²) < 4.78 is 5.01. The van der Waals surface area contributed by atoms with Gasteiger partial charge in [0.2, 0.25) is 0 Å². The Morgan fingerprint density at radius 3 is 2.90 bits per heavy atom. The molecule has 0 aliphatic rings. The predicted molar refractivity (Wildman–Crippen MR) is 88.1 cm³/mol. The number of pyridine rings is 1. The first kappa shape index (κ1) is 15.9. The fourth-order valence-corrected chi connectivity index (χ4v) is 3.24. The molecule has 5 heteroatoms. The number of rotatable bonds is 7. The minimum atomic E-state index is 0.0248. The second-order valence-electron chi connectivity index (χ2n) is 4.95. The average molecular weight is 306 g/mol. The van der Waals surface area contributed by atoms with Gasteiger partial charge in [-0.25, -0.2) is 0 Å². The van der Waals surface area contributed by atoms with Gasteiger partial charge in [0.05, 0.1) is 6.61 Å². The minimum absolute atomic E-state index is 0.0248. The van der Waals surface area contributed by atoms with Gasteiger partial charge in [-0.2, -0.15) is 0 Å². The van der Waals surface area contributed by atoms with Crippen molar-refractivity contribution in [2.75, 3.05) is 20.3 Å². The van der Waals surface area contributed by atoms with Gasteiger partial charge in [-0.1, -0.05) is 6.92 Å². The molecule has 21 heavy (non-hydrogen) atoms. The minimum Gasteiger partial charge on any atom is -0.383 e. The molecule has 0 amide bonds. The molecule has 2 rings (SSSR count). The molecule has 2 N–H and O–H groups in total. The Morgan fingerprint density at radius 2 is 2.19 bits per heavy atom. The molecule has 0 spiro atoms. The van der Waals surface area contributed by atoms with Crippen LogP contribution in [0.2, 0.25) is 0 Å². The van der Waals surface area contributed by atoms with E-state index in [1.807, 2.05) is 19.9 Å². The summed E-state index contributed by atoms with van der Waals surface area (Å²) in [5.74, 6) is 0. The SMILES string of the molecule is CCc1cc(-c2ccc(CNCCOC)s2)c(C)[nH]c1=O. The van der Waals surface area contributed by atoms with Crippen LogP contribution in [0.25, 0.3) is 10.4 Å². The summed E-state index contributed by atoms with van der Waals surface area (Å²) >= 11 is 1.76. The van der Waals surface area contributed by atoms with Crippen LogP contribution in [0, 0.1) is 6.92 Å². The summed E-state index contributed by atoms with van der Waals surface area (Å²) in [6.07, 6.45) is 0.749. The highest BCUT2D eigenvalue weighted by Gasteiger charge is 2.09. The first-order valence-corrected chi connectivity index (χ1v) is 7.99. The Balaban J connectivity index is 2.15. The number of ether oxygens (including phenoxy) is 1. The number of thiophene rings is 1. The van der Waals surface area contributed by atoms with Crippen molar-refractivity contribution in [3.05, 3.63) is 44.7 Å². The molecule has 0 fully saturated rings. The molecular formula is C16H22N2O2S. The van der Waals surface area contributed by atoms with E-state index in [1.165, 1.54) is 9.75 Å². The van der Waals surface area contributed by atoms with Crippen LogP contribution < -0.4 is 10.9 Å². The molecule has 0 saturated carbocycles. The standard InChI is InChI=1S/C16H22N2O2S/c1-4-12-9-14(11(2)18-16(12)19)15-6-5-13(21-15)10-17-7-8-20-3/h5-6,9,17H,4,7-8,10H2,1-3H3,(H,18,19). The molecule has 0 aliphatic carbocycles. The molecule has 0 aromatic carbocycles. The zero-order valence-corrected chi connectivity index (χ0v) is 13.6. The average Bonchev–Trinajstić information content (AvgIpc) is 2.92. The molecule has 2 aromatic heterocycles. The van der Waals surface area contributed by atoms with Crippen molar-refractivity contribution in [1.29, 1.82) is 0 Å². The van der Waals surface area contributed by atoms with Gasteiger partial charge in [0.1, 0.15) is 0 Å². The Kier molecular flexibility index (Phi) is 5.73. The third kappa shape index (κ3) is 4.03. The van der Waals surface area contributed by atoms with Crippen molar-refractivity contribution in [1.82, 2.24) is 10.3 Å². The van der Waals surface area contributed by atoms with Gasteiger partial charge >= 0.3 is 0 Å². The van der Waals surface area contributed by atoms with Crippen LogP contribution in [0.15, 0.2) is 23.0 Å². The van der Waals surface area contributed by atoms with Crippen molar-refractivity contribution in [3.63, 3.8) is 0 Å². The largest absolute Gasteiger partial charge is 0.383 e. The fraction of sp³-hybridized carbons (Fsp3) is 0.438. The van der Waals surface area contributed by atoms with Crippen molar-refractivity contribution in [3.8, 4) is 10.4 Å². The molecule has 0 saturated heterocycles. The fourth-order valence-electron chi connectivity index (χ4n) is 2.19. The van der Waals surface area contributed by atoms with Crippen molar-refractivity contribution < 1.29 is 4.74 Å². The van der Waals surface area contributed by atoms with E-state index in [1.54, 1.807) is 18.4 Å². The third-order valence-electron chi connectivity index (χ3n) is 3.41. The monoisotopic (exact) mass is 306 g/mol. The second-order valence-corrected chi connectivity index (χ2v) is 6.12. The second kappa shape index (κ2) is 7.54. The highest BCUT2D eigenvalue weighted by atomic mass is 32.1. The zero-order valence-electron chi connectivity index (χ0n) is 12.8. The van der Waals surface area contributed by atoms with Crippen molar-refractivity contribution in [2.24, 2.45) is 0 Å². The predicted octanol–water partition coefficient (Wildman–Crippen LogP) is 2.71. The third-order valence-corrected chi connectivity index (χ3v) is 4.52. The highest BCUT2D eigenvalue weighted by molar-refractivity contribution is 7.15. The number of methoxy groups -OCH3 is 1. The number of aromatic amines is 1. The van der Waals surface area contributed by atoms with E-state index >= 15 is 0 Å². The van der Waals surface area contributed by atoms with Gasteiger partial charge in [0.15, 0.2) is 0 Å². The van der Waals surface area contributed by atoms with E-state index in [2.05, 4.69) is 22.4 Å². The summed E-state index contributed by atoms with van der Waals surface area (Å²) in [5.41, 5.74) is 2.91. The maximum Gasteiger partial charge on any atom is 0.251 e. The smallest absolute Gasteiger partial charge is 0.251 e. The summed E-state index contributed by atoms with van der Waals surface area (Å²) in [4.78, 5) is 17.2. The molecule has 2 aromatic rings. The molecule has 0 atom stereocenters. The van der Waals surface area contributed by atoms with Crippen molar-refractivity contribution >= 4 is 11.3 Å². The van der Waals surface area contributed by atoms with Crippen LogP contribution in [0.3, 0.4) is 0 Å². The Morgan fingerprint density at radius 1 is 1.38 bits per heavy atom. The lowest BCUT2D eigenvalue weighted by molar-refractivity contribution is 0.199. The molecule has 0 aliphatic heterocycles. The van der Waals surface area contributed by atoms with E-state index in [-0.39, 0.29) is 5.56 Å². The highest BCUT2D eigenvalue weighted by Crippen LogP contribution is 2.29. The summed E-state index contributed by atoms with van der Waals surface area (Å²) in [7, 11) is 1.70. The number of H-pyrrole nitrogens is 1.